The molecule has 0 aliphatic carbocycles. The minimum Gasteiger partial charge on any atom is -0.284 e. The fraction of sp³-hybridized carbons (Fsp3) is 0.176. The number of nitrogens with zero attached hydrogens (tertiary/aromatic N) is 5. The summed E-state index contributed by atoms with van der Waals surface area (Å²) in [5.74, 6) is 0.345. The summed E-state index contributed by atoms with van der Waals surface area (Å²) in [4.78, 5) is 21.6. The number of aryl methyl sites for hydroxylation is 1. The second-order valence-electron chi connectivity index (χ2n) is 5.92. The van der Waals surface area contributed by atoms with E-state index in [1.54, 1.807) is 13.0 Å². The summed E-state index contributed by atoms with van der Waals surface area (Å²) in [6, 6.07) is 4.91. The molecule has 0 fully saturated rings. The van der Waals surface area contributed by atoms with Crippen molar-refractivity contribution in [2.24, 2.45) is 0 Å². The lowest BCUT2D eigenvalue weighted by Gasteiger charge is -2.13. The average Bonchev–Trinajstić information content (AvgIpc) is 3.04. The molecule has 0 unspecified atom stereocenters. The van der Waals surface area contributed by atoms with E-state index in [-0.39, 0.29) is 11.1 Å². The van der Waals surface area contributed by atoms with Gasteiger partial charge in [-0.05, 0) is 37.4 Å². The first-order chi connectivity index (χ1) is 13.2. The van der Waals surface area contributed by atoms with Crippen molar-refractivity contribution in [2.45, 2.75) is 18.3 Å². The predicted molar refractivity (Wildman–Crippen MR) is 100 cm³/mol. The van der Waals surface area contributed by atoms with E-state index < -0.39 is 22.3 Å². The van der Waals surface area contributed by atoms with Crippen LogP contribution in [0, 0.1) is 6.92 Å². The van der Waals surface area contributed by atoms with Gasteiger partial charge in [0.2, 0.25) is 5.16 Å². The largest absolute Gasteiger partial charge is 0.417 e. The number of fused-ring (bicyclic) bond motifs is 3. The van der Waals surface area contributed by atoms with Crippen LogP contribution in [0.25, 0.3) is 22.4 Å². The van der Waals surface area contributed by atoms with Gasteiger partial charge in [0.1, 0.15) is 0 Å². The van der Waals surface area contributed by atoms with Gasteiger partial charge in [0, 0.05) is 11.9 Å². The molecule has 144 valence electrons. The number of thioether (sulfide) groups is 1. The van der Waals surface area contributed by atoms with Crippen LogP contribution in [-0.4, -0.2) is 30.4 Å². The van der Waals surface area contributed by atoms with Crippen molar-refractivity contribution in [2.75, 3.05) is 6.26 Å². The molecule has 0 saturated carbocycles. The molecule has 1 aromatic carbocycles. The lowest BCUT2D eigenvalue weighted by molar-refractivity contribution is -0.137. The molecular weight excluding hydrogens is 415 g/mol. The third-order valence-electron chi connectivity index (χ3n) is 4.21. The summed E-state index contributed by atoms with van der Waals surface area (Å²) >= 11 is 7.00. The molecule has 0 radical (unpaired) electrons. The van der Waals surface area contributed by atoms with Crippen molar-refractivity contribution < 1.29 is 13.2 Å². The summed E-state index contributed by atoms with van der Waals surface area (Å²) < 4.78 is 42.1. The highest BCUT2D eigenvalue weighted by Crippen LogP contribution is 2.35. The Kier molecular flexibility index (Phi) is 4.35. The zero-order valence-corrected chi connectivity index (χ0v) is 16.0. The summed E-state index contributed by atoms with van der Waals surface area (Å²) in [6.45, 7) is 1.64. The Morgan fingerprint density at radius 3 is 2.61 bits per heavy atom. The lowest BCUT2D eigenvalue weighted by atomic mass is 10.1. The molecule has 28 heavy (non-hydrogen) atoms. The van der Waals surface area contributed by atoms with Crippen LogP contribution in [0.15, 0.2) is 40.4 Å². The molecule has 3 heterocycles. The first kappa shape index (κ1) is 18.8. The number of hydrogen-bond donors (Lipinski definition) is 0. The fourth-order valence-electron chi connectivity index (χ4n) is 2.94. The van der Waals surface area contributed by atoms with E-state index in [1.165, 1.54) is 28.5 Å². The SMILES string of the molecule is CSc1nc2nc(C)c3c(=O)n(-c4ccc(Cl)c(C(F)(F)F)c4)ccc3n2n1. The highest BCUT2D eigenvalue weighted by molar-refractivity contribution is 7.98. The average molecular weight is 426 g/mol. The van der Waals surface area contributed by atoms with Gasteiger partial charge in [-0.3, -0.25) is 9.36 Å². The van der Waals surface area contributed by atoms with E-state index >= 15 is 0 Å². The molecule has 4 aromatic rings. The van der Waals surface area contributed by atoms with Crippen molar-refractivity contribution in [3.8, 4) is 5.69 Å². The highest BCUT2D eigenvalue weighted by atomic mass is 35.5. The molecule has 0 N–H and O–H groups in total. The van der Waals surface area contributed by atoms with Gasteiger partial charge < -0.3 is 0 Å². The molecule has 0 atom stereocenters. The minimum absolute atomic E-state index is 0.0477. The van der Waals surface area contributed by atoms with Gasteiger partial charge in [0.05, 0.1) is 27.2 Å². The van der Waals surface area contributed by atoms with Crippen LogP contribution >= 0.6 is 23.4 Å². The standard InChI is InChI=1S/C17H11ClF3N5OS/c1-8-13-12(26-15(22-8)23-16(24-26)28-2)5-6-25(14(13)27)9-3-4-11(18)10(7-9)17(19,20)21/h3-7H,1-2H3. The second kappa shape index (κ2) is 6.49. The number of alkyl halides is 3. The molecule has 6 nitrogen and oxygen atoms in total. The number of benzene rings is 1. The smallest absolute Gasteiger partial charge is 0.284 e. The quantitative estimate of drug-likeness (QED) is 0.452. The Morgan fingerprint density at radius 1 is 1.18 bits per heavy atom. The van der Waals surface area contributed by atoms with Crippen molar-refractivity contribution in [3.63, 3.8) is 0 Å². The molecular formula is C17H11ClF3N5OS. The van der Waals surface area contributed by atoms with Crippen molar-refractivity contribution >= 4 is 40.0 Å². The maximum absolute atomic E-state index is 13.2. The topological polar surface area (TPSA) is 65.1 Å². The molecule has 0 aliphatic heterocycles. The molecule has 0 saturated heterocycles. The van der Waals surface area contributed by atoms with Crippen LogP contribution in [-0.2, 0) is 6.18 Å². The molecule has 0 amide bonds. The Morgan fingerprint density at radius 2 is 1.93 bits per heavy atom. The predicted octanol–water partition coefficient (Wildman–Crippen LogP) is 4.13. The van der Waals surface area contributed by atoms with E-state index in [2.05, 4.69) is 15.1 Å². The Hall–Kier alpha value is -2.59. The third kappa shape index (κ3) is 2.92. The van der Waals surface area contributed by atoms with E-state index in [0.29, 0.717) is 22.1 Å². The molecule has 3 aromatic heterocycles. The lowest BCUT2D eigenvalue weighted by Crippen LogP contribution is -2.20. The fourth-order valence-corrected chi connectivity index (χ4v) is 3.50. The molecule has 11 heteroatoms. The van der Waals surface area contributed by atoms with E-state index in [4.69, 9.17) is 11.6 Å². The summed E-state index contributed by atoms with van der Waals surface area (Å²) in [6.07, 6.45) is -1.42. The van der Waals surface area contributed by atoms with Crippen LogP contribution in [0.2, 0.25) is 5.02 Å². The van der Waals surface area contributed by atoms with Gasteiger partial charge in [0.25, 0.3) is 11.3 Å². The van der Waals surface area contributed by atoms with Gasteiger partial charge in [-0.15, -0.1) is 5.10 Å². The monoisotopic (exact) mass is 425 g/mol. The van der Waals surface area contributed by atoms with Crippen molar-refractivity contribution in [1.29, 1.82) is 0 Å². The van der Waals surface area contributed by atoms with E-state index in [0.717, 1.165) is 16.7 Å². The van der Waals surface area contributed by atoms with Gasteiger partial charge in [-0.1, -0.05) is 23.4 Å². The first-order valence-electron chi connectivity index (χ1n) is 7.90. The number of halogens is 4. The zero-order valence-electron chi connectivity index (χ0n) is 14.5. The molecule has 0 spiro atoms. The summed E-state index contributed by atoms with van der Waals surface area (Å²) in [5.41, 5.74) is -0.592. The molecule has 4 rings (SSSR count). The maximum Gasteiger partial charge on any atom is 0.417 e. The van der Waals surface area contributed by atoms with Gasteiger partial charge in [-0.2, -0.15) is 22.7 Å². The number of aromatic nitrogens is 5. The first-order valence-corrected chi connectivity index (χ1v) is 9.51. The Labute approximate surface area is 165 Å². The highest BCUT2D eigenvalue weighted by Gasteiger charge is 2.33. The van der Waals surface area contributed by atoms with Gasteiger partial charge >= 0.3 is 6.18 Å². The van der Waals surface area contributed by atoms with E-state index in [1.807, 2.05) is 6.26 Å². The van der Waals surface area contributed by atoms with Gasteiger partial charge in [-0.25, -0.2) is 4.98 Å². The normalized spacial score (nSPS) is 12.2. The maximum atomic E-state index is 13.2. The Balaban J connectivity index is 2.00. The van der Waals surface area contributed by atoms with Crippen molar-refractivity contribution in [3.05, 3.63) is 57.1 Å². The van der Waals surface area contributed by atoms with Crippen LogP contribution in [0.4, 0.5) is 13.2 Å². The van der Waals surface area contributed by atoms with Crippen LogP contribution in [0.5, 0.6) is 0 Å². The van der Waals surface area contributed by atoms with Gasteiger partial charge in [0.15, 0.2) is 0 Å². The van der Waals surface area contributed by atoms with Crippen LogP contribution < -0.4 is 5.56 Å². The third-order valence-corrected chi connectivity index (χ3v) is 5.08. The van der Waals surface area contributed by atoms with Crippen LogP contribution in [0.1, 0.15) is 11.3 Å². The Bertz CT molecular complexity index is 1300. The number of pyridine rings is 1. The second-order valence-corrected chi connectivity index (χ2v) is 7.10. The molecule has 0 bridgehead atoms. The van der Waals surface area contributed by atoms with Crippen LogP contribution in [0.3, 0.4) is 0 Å². The minimum atomic E-state index is -4.63. The molecule has 0 aliphatic rings. The summed E-state index contributed by atoms with van der Waals surface area (Å²) in [7, 11) is 0. The van der Waals surface area contributed by atoms with Crippen molar-refractivity contribution in [1.82, 2.24) is 24.1 Å². The number of hydrogen-bond acceptors (Lipinski definition) is 5. The summed E-state index contributed by atoms with van der Waals surface area (Å²) in [5, 5.41) is 4.60. The van der Waals surface area contributed by atoms with E-state index in [9.17, 15) is 18.0 Å². The number of rotatable bonds is 2. The zero-order chi connectivity index (χ0) is 20.2.